The summed E-state index contributed by atoms with van der Waals surface area (Å²) in [7, 11) is 0. The number of nitro groups is 1. The molecule has 9 heteroatoms. The second-order valence-electron chi connectivity index (χ2n) is 6.92. The number of nitrogens with zero attached hydrogens (tertiary/aromatic N) is 4. The molecule has 1 atom stereocenters. The number of rotatable bonds is 4. The highest BCUT2D eigenvalue weighted by molar-refractivity contribution is 6.31. The van der Waals surface area contributed by atoms with Crippen LogP contribution in [0.15, 0.2) is 48.5 Å². The van der Waals surface area contributed by atoms with E-state index in [1.165, 1.54) is 18.2 Å². The maximum atomic E-state index is 13.1. The Balaban J connectivity index is 1.91. The largest absolute Gasteiger partial charge is 0.325 e. The Morgan fingerprint density at radius 3 is 2.60 bits per heavy atom. The van der Waals surface area contributed by atoms with Gasteiger partial charge in [0.1, 0.15) is 5.41 Å². The zero-order chi connectivity index (χ0) is 21.5. The Labute approximate surface area is 175 Å². The van der Waals surface area contributed by atoms with E-state index in [0.29, 0.717) is 21.9 Å². The third kappa shape index (κ3) is 2.91. The van der Waals surface area contributed by atoms with Crippen molar-refractivity contribution in [2.45, 2.75) is 11.8 Å². The molecule has 3 aromatic rings. The monoisotopic (exact) mass is 417 g/mol. The quantitative estimate of drug-likeness (QED) is 0.505. The van der Waals surface area contributed by atoms with E-state index in [1.54, 1.807) is 30.3 Å². The average molecular weight is 418 g/mol. The summed E-state index contributed by atoms with van der Waals surface area (Å²) >= 11 is 6.05. The van der Waals surface area contributed by atoms with Crippen LogP contribution in [-0.2, 0) is 16.6 Å². The van der Waals surface area contributed by atoms with Crippen LogP contribution in [0.5, 0.6) is 0 Å². The van der Waals surface area contributed by atoms with Crippen molar-refractivity contribution in [1.82, 2.24) is 4.98 Å². The molecule has 2 aromatic carbocycles. The predicted octanol–water partition coefficient (Wildman–Crippen LogP) is 3.89. The van der Waals surface area contributed by atoms with Gasteiger partial charge in [-0.1, -0.05) is 23.7 Å². The Morgan fingerprint density at radius 2 is 1.90 bits per heavy atom. The fraction of sp³-hybridized carbons (Fsp3) is 0.143. The van der Waals surface area contributed by atoms with Crippen molar-refractivity contribution in [3.8, 4) is 12.1 Å². The number of halogens is 1. The number of hydrogen-bond acceptors (Lipinski definition) is 6. The minimum absolute atomic E-state index is 0.0821. The van der Waals surface area contributed by atoms with E-state index in [0.717, 1.165) is 5.39 Å². The van der Waals surface area contributed by atoms with Gasteiger partial charge >= 0.3 is 0 Å². The van der Waals surface area contributed by atoms with E-state index in [-0.39, 0.29) is 17.7 Å². The molecule has 1 amide bonds. The second-order valence-corrected chi connectivity index (χ2v) is 7.36. The van der Waals surface area contributed by atoms with Gasteiger partial charge in [-0.15, -0.1) is 0 Å². The highest BCUT2D eigenvalue weighted by Gasteiger charge is 2.54. The van der Waals surface area contributed by atoms with Gasteiger partial charge in [0.25, 0.3) is 5.69 Å². The van der Waals surface area contributed by atoms with Crippen LogP contribution in [0.3, 0.4) is 0 Å². The number of carbonyl (C=O) groups is 1. The number of benzene rings is 2. The van der Waals surface area contributed by atoms with Crippen molar-refractivity contribution in [3.63, 3.8) is 0 Å². The minimum Gasteiger partial charge on any atom is -0.325 e. The molecule has 4 rings (SSSR count). The molecule has 0 aliphatic carbocycles. The smallest absolute Gasteiger partial charge is 0.269 e. The van der Waals surface area contributed by atoms with E-state index in [4.69, 9.17) is 11.6 Å². The van der Waals surface area contributed by atoms with Gasteiger partial charge in [0.15, 0.2) is 5.92 Å². The van der Waals surface area contributed by atoms with Gasteiger partial charge in [-0.2, -0.15) is 10.5 Å². The molecule has 0 radical (unpaired) electrons. The maximum absolute atomic E-state index is 13.1. The van der Waals surface area contributed by atoms with Crippen molar-refractivity contribution >= 4 is 39.8 Å². The summed E-state index contributed by atoms with van der Waals surface area (Å²) in [5, 5.41) is 34.5. The third-order valence-electron chi connectivity index (χ3n) is 5.27. The SMILES string of the molecule is N#CC(C#N)C1(Cc2ccc3ccc(Cl)cc3n2)C(=O)Nc2ccc([N+](=O)[O-])cc21. The summed E-state index contributed by atoms with van der Waals surface area (Å²) in [5.74, 6) is -1.95. The molecule has 2 heterocycles. The van der Waals surface area contributed by atoms with Crippen LogP contribution in [0.1, 0.15) is 11.3 Å². The normalized spacial score (nSPS) is 17.3. The fourth-order valence-electron chi connectivity index (χ4n) is 3.81. The molecule has 8 nitrogen and oxygen atoms in total. The molecule has 0 fully saturated rings. The van der Waals surface area contributed by atoms with Crippen LogP contribution in [0.2, 0.25) is 5.02 Å². The fourth-order valence-corrected chi connectivity index (χ4v) is 3.98. The highest BCUT2D eigenvalue weighted by atomic mass is 35.5. The van der Waals surface area contributed by atoms with Crippen LogP contribution in [-0.4, -0.2) is 15.8 Å². The van der Waals surface area contributed by atoms with Crippen LogP contribution in [0.4, 0.5) is 11.4 Å². The van der Waals surface area contributed by atoms with Crippen molar-refractivity contribution in [3.05, 3.63) is 74.9 Å². The van der Waals surface area contributed by atoms with Gasteiger partial charge in [0, 0.05) is 45.9 Å². The van der Waals surface area contributed by atoms with Gasteiger partial charge in [-0.3, -0.25) is 19.9 Å². The van der Waals surface area contributed by atoms with Crippen molar-refractivity contribution in [2.75, 3.05) is 5.32 Å². The van der Waals surface area contributed by atoms with Gasteiger partial charge in [-0.25, -0.2) is 0 Å². The molecule has 1 aromatic heterocycles. The molecular weight excluding hydrogens is 406 g/mol. The van der Waals surface area contributed by atoms with Crippen LogP contribution in [0, 0.1) is 38.7 Å². The summed E-state index contributed by atoms with van der Waals surface area (Å²) in [6.07, 6.45) is -0.0821. The number of fused-ring (bicyclic) bond motifs is 2. The number of nitrogens with one attached hydrogen (secondary N) is 1. The first-order valence-electron chi connectivity index (χ1n) is 8.84. The number of anilines is 1. The molecule has 146 valence electrons. The van der Waals surface area contributed by atoms with Crippen molar-refractivity contribution < 1.29 is 9.72 Å². The Kier molecular flexibility index (Phi) is 4.57. The third-order valence-corrected chi connectivity index (χ3v) is 5.51. The molecule has 30 heavy (non-hydrogen) atoms. The number of non-ortho nitro benzene ring substituents is 1. The Hall–Kier alpha value is -4.01. The zero-order valence-electron chi connectivity index (χ0n) is 15.3. The molecule has 0 spiro atoms. The first kappa shape index (κ1) is 19.3. The van der Waals surface area contributed by atoms with Crippen molar-refractivity contribution in [2.24, 2.45) is 5.92 Å². The van der Waals surface area contributed by atoms with E-state index in [9.17, 15) is 25.4 Å². The first-order chi connectivity index (χ1) is 14.4. The molecule has 0 bridgehead atoms. The number of nitriles is 2. The minimum atomic E-state index is -1.63. The molecule has 1 aliphatic rings. The number of pyridine rings is 1. The van der Waals surface area contributed by atoms with E-state index in [2.05, 4.69) is 10.3 Å². The van der Waals surface area contributed by atoms with Gasteiger partial charge in [-0.05, 0) is 24.3 Å². The van der Waals surface area contributed by atoms with E-state index < -0.39 is 22.2 Å². The standard InChI is InChI=1S/C21H12ClN5O3/c22-14-3-1-12-2-4-15(25-19(12)7-14)9-21(13(10-23)11-24)17-8-16(27(29)30)5-6-18(17)26-20(21)28/h1-8,13H,9H2,(H,26,28). The maximum Gasteiger partial charge on any atom is 0.269 e. The van der Waals surface area contributed by atoms with E-state index >= 15 is 0 Å². The number of hydrogen-bond donors (Lipinski definition) is 1. The topological polar surface area (TPSA) is 133 Å². The molecule has 0 saturated heterocycles. The Morgan fingerprint density at radius 1 is 1.17 bits per heavy atom. The molecule has 1 N–H and O–H groups in total. The van der Waals surface area contributed by atoms with Crippen molar-refractivity contribution in [1.29, 1.82) is 10.5 Å². The number of nitro benzene ring substituents is 1. The van der Waals surface area contributed by atoms with E-state index in [1.807, 2.05) is 12.1 Å². The lowest BCUT2D eigenvalue weighted by Gasteiger charge is -2.28. The molecule has 1 aliphatic heterocycles. The number of amides is 1. The number of aromatic nitrogens is 1. The van der Waals surface area contributed by atoms with Crippen LogP contribution in [0.25, 0.3) is 10.9 Å². The van der Waals surface area contributed by atoms with Crippen LogP contribution < -0.4 is 5.32 Å². The second kappa shape index (κ2) is 7.11. The summed E-state index contributed by atoms with van der Waals surface area (Å²) in [6, 6.07) is 16.4. The summed E-state index contributed by atoms with van der Waals surface area (Å²) < 4.78 is 0. The average Bonchev–Trinajstić information content (AvgIpc) is 3.00. The lowest BCUT2D eigenvalue weighted by Crippen LogP contribution is -2.43. The summed E-state index contributed by atoms with van der Waals surface area (Å²) in [4.78, 5) is 28.3. The van der Waals surface area contributed by atoms with Gasteiger partial charge in [0.05, 0.1) is 22.6 Å². The Bertz CT molecular complexity index is 1300. The first-order valence-corrected chi connectivity index (χ1v) is 9.21. The van der Waals surface area contributed by atoms with Crippen LogP contribution >= 0.6 is 11.6 Å². The summed E-state index contributed by atoms with van der Waals surface area (Å²) in [5.41, 5.74) is -0.243. The lowest BCUT2D eigenvalue weighted by molar-refractivity contribution is -0.384. The predicted molar refractivity (Wildman–Crippen MR) is 109 cm³/mol. The lowest BCUT2D eigenvalue weighted by atomic mass is 9.69. The zero-order valence-corrected chi connectivity index (χ0v) is 16.1. The summed E-state index contributed by atoms with van der Waals surface area (Å²) in [6.45, 7) is 0. The number of carbonyl (C=O) groups excluding carboxylic acids is 1. The molecule has 1 unspecified atom stereocenters. The van der Waals surface area contributed by atoms with Gasteiger partial charge < -0.3 is 5.32 Å². The molecular formula is C21H12ClN5O3. The van der Waals surface area contributed by atoms with Gasteiger partial charge in [0.2, 0.25) is 5.91 Å². The molecule has 0 saturated carbocycles. The highest BCUT2D eigenvalue weighted by Crippen LogP contribution is 2.46.